The highest BCUT2D eigenvalue weighted by Gasteiger charge is 2.25. The number of nitrogens with one attached hydrogen (secondary N) is 1. The van der Waals surface area contributed by atoms with Crippen molar-refractivity contribution >= 4 is 6.09 Å². The van der Waals surface area contributed by atoms with Crippen LogP contribution in [-0.2, 0) is 4.74 Å². The molecule has 0 radical (unpaired) electrons. The largest absolute Gasteiger partial charge is 0.444 e. The van der Waals surface area contributed by atoms with E-state index in [0.29, 0.717) is 5.92 Å². The van der Waals surface area contributed by atoms with Crippen LogP contribution < -0.4 is 5.32 Å². The maximum Gasteiger partial charge on any atom is 0.410 e. The summed E-state index contributed by atoms with van der Waals surface area (Å²) in [5.41, 5.74) is -0.432. The first-order valence-electron chi connectivity index (χ1n) is 7.61. The van der Waals surface area contributed by atoms with Gasteiger partial charge >= 0.3 is 6.09 Å². The summed E-state index contributed by atoms with van der Waals surface area (Å²) in [7, 11) is 4.05. The molecule has 0 aromatic heterocycles. The van der Waals surface area contributed by atoms with Crippen LogP contribution in [0.2, 0.25) is 0 Å². The zero-order chi connectivity index (χ0) is 15.2. The van der Waals surface area contributed by atoms with Crippen LogP contribution in [0.5, 0.6) is 0 Å². The van der Waals surface area contributed by atoms with Crippen LogP contribution in [0.25, 0.3) is 0 Å². The van der Waals surface area contributed by atoms with Crippen LogP contribution in [0, 0.1) is 5.92 Å². The van der Waals surface area contributed by atoms with E-state index in [0.717, 1.165) is 32.7 Å². The lowest BCUT2D eigenvalue weighted by atomic mass is 9.99. The minimum atomic E-state index is -0.432. The lowest BCUT2D eigenvalue weighted by Crippen LogP contribution is -2.45. The zero-order valence-electron chi connectivity index (χ0n) is 13.7. The monoisotopic (exact) mass is 285 g/mol. The highest BCUT2D eigenvalue weighted by atomic mass is 16.6. The van der Waals surface area contributed by atoms with Crippen molar-refractivity contribution in [2.75, 3.05) is 46.8 Å². The molecule has 118 valence electrons. The summed E-state index contributed by atoms with van der Waals surface area (Å²) in [5, 5.41) is 3.40. The Bertz CT molecular complexity index is 294. The average molecular weight is 285 g/mol. The molecule has 1 aliphatic rings. The number of carbonyl (C=O) groups excluding carboxylic acids is 1. The summed E-state index contributed by atoms with van der Waals surface area (Å²) < 4.78 is 5.52. The topological polar surface area (TPSA) is 44.8 Å². The van der Waals surface area contributed by atoms with E-state index in [9.17, 15) is 4.79 Å². The van der Waals surface area contributed by atoms with E-state index in [2.05, 4.69) is 10.2 Å². The molecule has 1 unspecified atom stereocenters. The molecule has 5 heteroatoms. The van der Waals surface area contributed by atoms with E-state index in [1.807, 2.05) is 39.8 Å². The van der Waals surface area contributed by atoms with Gasteiger partial charge in [-0.3, -0.25) is 0 Å². The van der Waals surface area contributed by atoms with Gasteiger partial charge in [-0.2, -0.15) is 0 Å². The first-order chi connectivity index (χ1) is 9.28. The van der Waals surface area contributed by atoms with E-state index < -0.39 is 5.60 Å². The number of rotatable bonds is 5. The number of amides is 1. The number of carbonyl (C=O) groups is 1. The molecule has 0 aromatic carbocycles. The summed E-state index contributed by atoms with van der Waals surface area (Å²) in [6, 6.07) is 0. The number of likely N-dealkylation sites (N-methyl/N-ethyl adjacent to an activating group) is 1. The maximum absolute atomic E-state index is 12.3. The maximum atomic E-state index is 12.3. The van der Waals surface area contributed by atoms with Gasteiger partial charge < -0.3 is 19.9 Å². The fraction of sp³-hybridized carbons (Fsp3) is 0.933. The van der Waals surface area contributed by atoms with Crippen LogP contribution in [0.15, 0.2) is 0 Å². The van der Waals surface area contributed by atoms with Gasteiger partial charge in [-0.25, -0.2) is 4.79 Å². The molecule has 0 bridgehead atoms. The Morgan fingerprint density at radius 1 is 1.30 bits per heavy atom. The molecule has 1 saturated heterocycles. The molecule has 1 atom stereocenters. The van der Waals surface area contributed by atoms with Gasteiger partial charge in [0.2, 0.25) is 0 Å². The second-order valence-electron chi connectivity index (χ2n) is 6.94. The summed E-state index contributed by atoms with van der Waals surface area (Å²) in [6.07, 6.45) is 2.19. The van der Waals surface area contributed by atoms with Crippen molar-refractivity contribution in [1.29, 1.82) is 0 Å². The molecular weight excluding hydrogens is 254 g/mol. The Morgan fingerprint density at radius 3 is 2.50 bits per heavy atom. The standard InChI is InChI=1S/C15H31N3O2/c1-15(2,3)20-14(19)18(10-9-17(4)5)12-13-7-6-8-16-11-13/h13,16H,6-12H2,1-5H3. The van der Waals surface area contributed by atoms with Gasteiger partial charge in [0.1, 0.15) is 5.60 Å². The highest BCUT2D eigenvalue weighted by Crippen LogP contribution is 2.15. The molecule has 1 rings (SSSR count). The van der Waals surface area contributed by atoms with Crippen molar-refractivity contribution in [3.63, 3.8) is 0 Å². The third-order valence-electron chi connectivity index (χ3n) is 3.35. The highest BCUT2D eigenvalue weighted by molar-refractivity contribution is 5.68. The van der Waals surface area contributed by atoms with Gasteiger partial charge in [-0.1, -0.05) is 0 Å². The van der Waals surface area contributed by atoms with Crippen molar-refractivity contribution in [2.45, 2.75) is 39.2 Å². The van der Waals surface area contributed by atoms with Gasteiger partial charge in [0, 0.05) is 19.6 Å². The third-order valence-corrected chi connectivity index (χ3v) is 3.35. The lowest BCUT2D eigenvalue weighted by Gasteiger charge is -2.32. The molecule has 1 aliphatic heterocycles. The first-order valence-corrected chi connectivity index (χ1v) is 7.61. The van der Waals surface area contributed by atoms with Crippen LogP contribution >= 0.6 is 0 Å². The van der Waals surface area contributed by atoms with E-state index in [1.165, 1.54) is 12.8 Å². The van der Waals surface area contributed by atoms with Crippen LogP contribution in [-0.4, -0.2) is 68.3 Å². The molecule has 1 fully saturated rings. The smallest absolute Gasteiger partial charge is 0.410 e. The van der Waals surface area contributed by atoms with Crippen LogP contribution in [0.1, 0.15) is 33.6 Å². The fourth-order valence-corrected chi connectivity index (χ4v) is 2.30. The number of nitrogens with zero attached hydrogens (tertiary/aromatic N) is 2. The summed E-state index contributed by atoms with van der Waals surface area (Å²) in [4.78, 5) is 16.3. The lowest BCUT2D eigenvalue weighted by molar-refractivity contribution is 0.0202. The molecule has 0 saturated carbocycles. The average Bonchev–Trinajstić information content (AvgIpc) is 2.33. The van der Waals surface area contributed by atoms with E-state index >= 15 is 0 Å². The third kappa shape index (κ3) is 7.10. The number of hydrogen-bond acceptors (Lipinski definition) is 4. The molecular formula is C15H31N3O2. The molecule has 0 aliphatic carbocycles. The quantitative estimate of drug-likeness (QED) is 0.836. The molecule has 0 spiro atoms. The molecule has 20 heavy (non-hydrogen) atoms. The van der Waals surface area contributed by atoms with Crippen molar-refractivity contribution in [2.24, 2.45) is 5.92 Å². The second kappa shape index (κ2) is 7.84. The van der Waals surface area contributed by atoms with Crippen molar-refractivity contribution < 1.29 is 9.53 Å². The Morgan fingerprint density at radius 2 is 2.00 bits per heavy atom. The van der Waals surface area contributed by atoms with Crippen molar-refractivity contribution in [1.82, 2.24) is 15.1 Å². The van der Waals surface area contributed by atoms with Gasteiger partial charge in [0.15, 0.2) is 0 Å². The minimum absolute atomic E-state index is 0.190. The summed E-state index contributed by atoms with van der Waals surface area (Å²) in [5.74, 6) is 0.540. The number of ether oxygens (including phenoxy) is 1. The Balaban J connectivity index is 2.55. The number of hydrogen-bond donors (Lipinski definition) is 1. The van der Waals surface area contributed by atoms with E-state index in [4.69, 9.17) is 4.74 Å². The van der Waals surface area contributed by atoms with E-state index in [1.54, 1.807) is 0 Å². The van der Waals surface area contributed by atoms with Crippen LogP contribution in [0.4, 0.5) is 4.79 Å². The molecule has 1 amide bonds. The zero-order valence-corrected chi connectivity index (χ0v) is 13.7. The van der Waals surface area contributed by atoms with Gasteiger partial charge in [-0.05, 0) is 66.7 Å². The van der Waals surface area contributed by atoms with Gasteiger partial charge in [-0.15, -0.1) is 0 Å². The predicted octanol–water partition coefficient (Wildman–Crippen LogP) is 1.78. The summed E-state index contributed by atoms with van der Waals surface area (Å²) in [6.45, 7) is 10.2. The molecule has 0 aromatic rings. The van der Waals surface area contributed by atoms with E-state index in [-0.39, 0.29) is 6.09 Å². The fourth-order valence-electron chi connectivity index (χ4n) is 2.30. The summed E-state index contributed by atoms with van der Waals surface area (Å²) >= 11 is 0. The van der Waals surface area contributed by atoms with Crippen molar-refractivity contribution in [3.8, 4) is 0 Å². The SMILES string of the molecule is CN(C)CCN(CC1CCCNC1)C(=O)OC(C)(C)C. The van der Waals surface area contributed by atoms with Crippen molar-refractivity contribution in [3.05, 3.63) is 0 Å². The van der Waals surface area contributed by atoms with Gasteiger partial charge in [0.25, 0.3) is 0 Å². The predicted molar refractivity (Wildman–Crippen MR) is 82.0 cm³/mol. The Kier molecular flexibility index (Phi) is 6.76. The Hall–Kier alpha value is -0.810. The number of piperidine rings is 1. The normalized spacial score (nSPS) is 20.0. The molecule has 1 N–H and O–H groups in total. The molecule has 1 heterocycles. The van der Waals surface area contributed by atoms with Crippen LogP contribution in [0.3, 0.4) is 0 Å². The van der Waals surface area contributed by atoms with Gasteiger partial charge in [0.05, 0.1) is 0 Å². The second-order valence-corrected chi connectivity index (χ2v) is 6.94. The minimum Gasteiger partial charge on any atom is -0.444 e. The molecule has 5 nitrogen and oxygen atoms in total. The first kappa shape index (κ1) is 17.2. The Labute approximate surface area is 123 Å².